The van der Waals surface area contributed by atoms with Gasteiger partial charge in [0.2, 0.25) is 11.8 Å². The smallest absolute Gasteiger partial charge is 0.376 e. The average Bonchev–Trinajstić information content (AvgIpc) is 3.71. The van der Waals surface area contributed by atoms with Crippen LogP contribution in [0.25, 0.3) is 0 Å². The molecule has 2 unspecified atom stereocenters. The maximum atomic E-state index is 13.1. The topological polar surface area (TPSA) is 58.2 Å². The molecular weight excluding hydrogens is 568 g/mol. The molecule has 41 heavy (non-hydrogen) atoms. The molecule has 0 saturated heterocycles. The number of nitrogens with one attached hydrogen (secondary N) is 2. The van der Waals surface area contributed by atoms with Gasteiger partial charge in [0.25, 0.3) is 0 Å². The van der Waals surface area contributed by atoms with Crippen molar-refractivity contribution in [2.45, 2.75) is 40.5 Å². The Labute approximate surface area is 254 Å². The van der Waals surface area contributed by atoms with E-state index in [-0.39, 0.29) is 56.7 Å². The number of halogens is 4. The number of hydrogen-bond donors (Lipinski definition) is 2. The minimum absolute atomic E-state index is 0. The van der Waals surface area contributed by atoms with E-state index in [1.54, 1.807) is 13.8 Å². The van der Waals surface area contributed by atoms with E-state index in [0.29, 0.717) is 12.8 Å². The zero-order chi connectivity index (χ0) is 29.9. The Morgan fingerprint density at radius 1 is 0.683 bits per heavy atom. The van der Waals surface area contributed by atoms with Crippen LogP contribution in [0.1, 0.15) is 40.5 Å². The van der Waals surface area contributed by atoms with Gasteiger partial charge in [-0.2, -0.15) is 36.4 Å². The van der Waals surface area contributed by atoms with Gasteiger partial charge in [-0.3, -0.25) is 9.59 Å². The van der Waals surface area contributed by atoms with Gasteiger partial charge in [-0.25, -0.2) is 41.8 Å². The van der Waals surface area contributed by atoms with Crippen molar-refractivity contribution in [2.75, 3.05) is 10.6 Å². The maximum Gasteiger partial charge on any atom is 4.00 e. The summed E-state index contributed by atoms with van der Waals surface area (Å²) in [4.78, 5) is 22.8. The molecule has 0 heterocycles. The maximum absolute atomic E-state index is 13.1. The molecule has 2 N–H and O–H groups in total. The first-order valence-electron chi connectivity index (χ1n) is 12.8. The van der Waals surface area contributed by atoms with Crippen LogP contribution in [-0.4, -0.2) is 11.8 Å². The minimum Gasteiger partial charge on any atom is -0.376 e. The van der Waals surface area contributed by atoms with Gasteiger partial charge < -0.3 is 10.6 Å². The zero-order valence-electron chi connectivity index (χ0n) is 23.5. The van der Waals surface area contributed by atoms with E-state index in [9.17, 15) is 27.2 Å². The summed E-state index contributed by atoms with van der Waals surface area (Å²) in [6.45, 7) is 7.19. The van der Waals surface area contributed by atoms with Crippen LogP contribution < -0.4 is 10.6 Å². The fourth-order valence-electron chi connectivity index (χ4n) is 2.60. The first kappa shape index (κ1) is 37.5. The summed E-state index contributed by atoms with van der Waals surface area (Å²) in [5.41, 5.74) is -0.0802. The summed E-state index contributed by atoms with van der Waals surface area (Å²) in [5.74, 6) is -4.29. The number of hydrogen-bond acceptors (Lipinski definition) is 2. The molecule has 0 fully saturated rings. The summed E-state index contributed by atoms with van der Waals surface area (Å²) in [7, 11) is 0. The van der Waals surface area contributed by atoms with Crippen LogP contribution in [0.4, 0.5) is 28.9 Å². The fraction of sp³-hybridized carbons (Fsp3) is 0.250. The molecule has 0 aliphatic heterocycles. The first-order valence-corrected chi connectivity index (χ1v) is 12.8. The molecular formula is C32H34F4N2O2Ti. The number of carbonyl (C=O) groups is 2. The summed E-state index contributed by atoms with van der Waals surface area (Å²) >= 11 is 0. The molecule has 216 valence electrons. The average molecular weight is 602 g/mol. The Hall–Kier alpha value is -3.49. The molecule has 0 aromatic heterocycles. The van der Waals surface area contributed by atoms with Crippen molar-refractivity contribution in [3.8, 4) is 0 Å². The number of benzene rings is 2. The van der Waals surface area contributed by atoms with Crippen molar-refractivity contribution in [3.05, 3.63) is 120 Å². The quantitative estimate of drug-likeness (QED) is 0.133. The van der Waals surface area contributed by atoms with Crippen molar-refractivity contribution in [1.29, 1.82) is 0 Å². The van der Waals surface area contributed by atoms with E-state index in [2.05, 4.69) is 10.6 Å². The Kier molecular flexibility index (Phi) is 19.5. The van der Waals surface area contributed by atoms with Crippen molar-refractivity contribution >= 4 is 23.2 Å². The molecule has 2 atom stereocenters. The molecule has 0 bridgehead atoms. The van der Waals surface area contributed by atoms with Crippen molar-refractivity contribution in [2.24, 2.45) is 11.8 Å². The second-order valence-electron chi connectivity index (χ2n) is 8.59. The van der Waals surface area contributed by atoms with Gasteiger partial charge in [-0.15, -0.1) is 36.4 Å². The molecule has 4 aromatic carbocycles. The second-order valence-corrected chi connectivity index (χ2v) is 8.59. The molecule has 4 nitrogen and oxygen atoms in total. The Bertz CT molecular complexity index is 1120. The molecule has 4 aromatic rings. The van der Waals surface area contributed by atoms with E-state index in [0.717, 1.165) is 12.1 Å². The Balaban J connectivity index is 0.000000573. The Morgan fingerprint density at radius 3 is 1.22 bits per heavy atom. The molecule has 0 aliphatic rings. The standard InChI is InChI=1S/2C11H12F2NO.2C5H5.Ti/c2*1-3-7(2)11(15)14-10-5-4-8(12)6-9(10)13;2*1-2-4-5-3-1;/h2*4-5,7H,3H2,1-2H3,(H,14,15);2*1-5H;/q4*-1;+4. The minimum atomic E-state index is -0.883. The van der Waals surface area contributed by atoms with Crippen LogP contribution >= 0.6 is 0 Å². The van der Waals surface area contributed by atoms with Gasteiger partial charge >= 0.3 is 21.7 Å². The molecule has 0 radical (unpaired) electrons. The fourth-order valence-corrected chi connectivity index (χ4v) is 2.60. The SMILES string of the molecule is CCC(C)C(=O)Nc1ccc(F)[c-]c1F.CCC(C)C(=O)Nc1ccc(F)[c-]c1F.[Ti+4].c1cc[cH-]c1.c1cc[cH-]c1. The third-order valence-corrected chi connectivity index (χ3v) is 5.47. The second kappa shape index (κ2) is 21.3. The van der Waals surface area contributed by atoms with E-state index in [1.807, 2.05) is 86.6 Å². The number of rotatable bonds is 6. The van der Waals surface area contributed by atoms with Gasteiger partial charge in [-0.1, -0.05) is 27.7 Å². The van der Waals surface area contributed by atoms with Crippen LogP contribution in [0, 0.1) is 47.2 Å². The summed E-state index contributed by atoms with van der Waals surface area (Å²) in [6.07, 6.45) is 1.33. The molecule has 9 heteroatoms. The predicted octanol–water partition coefficient (Wildman–Crippen LogP) is 8.31. The molecule has 2 amide bonds. The summed E-state index contributed by atoms with van der Waals surface area (Å²) < 4.78 is 51.1. The van der Waals surface area contributed by atoms with E-state index >= 15 is 0 Å². The number of anilines is 2. The van der Waals surface area contributed by atoms with Crippen LogP contribution in [0.5, 0.6) is 0 Å². The predicted molar refractivity (Wildman–Crippen MR) is 151 cm³/mol. The van der Waals surface area contributed by atoms with E-state index in [1.165, 1.54) is 12.1 Å². The van der Waals surface area contributed by atoms with Gasteiger partial charge in [0.15, 0.2) is 0 Å². The monoisotopic (exact) mass is 602 g/mol. The molecule has 0 saturated carbocycles. The van der Waals surface area contributed by atoms with Gasteiger partial charge in [0.05, 0.1) is 0 Å². The van der Waals surface area contributed by atoms with Crippen LogP contribution in [0.15, 0.2) is 84.9 Å². The van der Waals surface area contributed by atoms with Crippen molar-refractivity contribution in [1.82, 2.24) is 0 Å². The number of carbonyl (C=O) groups excluding carboxylic acids is 2. The van der Waals surface area contributed by atoms with E-state index in [4.69, 9.17) is 0 Å². The van der Waals surface area contributed by atoms with Crippen LogP contribution in [-0.2, 0) is 31.3 Å². The first-order chi connectivity index (χ1) is 19.1. The third kappa shape index (κ3) is 15.8. The molecule has 4 rings (SSSR count). The Morgan fingerprint density at radius 2 is 1.00 bits per heavy atom. The number of amides is 2. The largest absolute Gasteiger partial charge is 4.00 e. The summed E-state index contributed by atoms with van der Waals surface area (Å²) in [5, 5.41) is 4.75. The van der Waals surface area contributed by atoms with E-state index < -0.39 is 23.3 Å². The third-order valence-electron chi connectivity index (χ3n) is 5.47. The van der Waals surface area contributed by atoms with Crippen molar-refractivity contribution < 1.29 is 48.9 Å². The van der Waals surface area contributed by atoms with Gasteiger partial charge in [0.1, 0.15) is 0 Å². The molecule has 0 aliphatic carbocycles. The van der Waals surface area contributed by atoms with Crippen molar-refractivity contribution in [3.63, 3.8) is 0 Å². The van der Waals surface area contributed by atoms with Crippen LogP contribution in [0.3, 0.4) is 0 Å². The molecule has 0 spiro atoms. The zero-order valence-corrected chi connectivity index (χ0v) is 25.0. The van der Waals surface area contributed by atoms with Gasteiger partial charge in [-0.05, 0) is 24.2 Å². The normalized spacial score (nSPS) is 10.9. The summed E-state index contributed by atoms with van der Waals surface area (Å²) in [6, 6.07) is 28.2. The van der Waals surface area contributed by atoms with Gasteiger partial charge in [0, 0.05) is 35.1 Å². The van der Waals surface area contributed by atoms with Crippen LogP contribution in [0.2, 0.25) is 0 Å².